The molecular weight excluding hydrogens is 352 g/mol. The van der Waals surface area contributed by atoms with Gasteiger partial charge in [-0.05, 0) is 56.8 Å². The van der Waals surface area contributed by atoms with Crippen molar-refractivity contribution in [2.75, 3.05) is 0 Å². The molecule has 0 aromatic heterocycles. The molecule has 3 atom stereocenters. The smallest absolute Gasteiger partial charge is 0.0844 e. The van der Waals surface area contributed by atoms with E-state index >= 15 is 0 Å². The SMILES string of the molecule is C[Si](C)(CCC1CCC(O)CC1)CC[Si](C)(C)CCC1CCC2OC2C1. The van der Waals surface area contributed by atoms with Crippen molar-refractivity contribution in [3.63, 3.8) is 0 Å². The zero-order valence-electron chi connectivity index (χ0n) is 17.9. The van der Waals surface area contributed by atoms with Gasteiger partial charge < -0.3 is 9.84 Å². The lowest BCUT2D eigenvalue weighted by molar-refractivity contribution is 0.107. The van der Waals surface area contributed by atoms with E-state index in [1.54, 1.807) is 18.1 Å². The maximum Gasteiger partial charge on any atom is 0.0844 e. The number of rotatable bonds is 9. The predicted octanol–water partition coefficient (Wildman–Crippen LogP) is 6.30. The average Bonchev–Trinajstić information content (AvgIpc) is 3.37. The van der Waals surface area contributed by atoms with E-state index in [9.17, 15) is 5.11 Å². The maximum absolute atomic E-state index is 9.70. The summed E-state index contributed by atoms with van der Waals surface area (Å²) in [5.74, 6) is 1.88. The van der Waals surface area contributed by atoms with Crippen LogP contribution < -0.4 is 0 Å². The minimum atomic E-state index is -1.03. The highest BCUT2D eigenvalue weighted by molar-refractivity contribution is 6.82. The predicted molar refractivity (Wildman–Crippen MR) is 117 cm³/mol. The van der Waals surface area contributed by atoms with Gasteiger partial charge in [0.2, 0.25) is 0 Å². The lowest BCUT2D eigenvalue weighted by Gasteiger charge is -2.32. The summed E-state index contributed by atoms with van der Waals surface area (Å²) in [6, 6.07) is 6.17. The van der Waals surface area contributed by atoms with Crippen molar-refractivity contribution in [2.45, 2.75) is 126 Å². The number of aliphatic hydroxyl groups is 1. The zero-order chi connectivity index (χ0) is 18.8. The molecule has 0 aromatic rings. The van der Waals surface area contributed by atoms with Crippen molar-refractivity contribution in [1.29, 1.82) is 0 Å². The normalized spacial score (nSPS) is 35.2. The second-order valence-corrected chi connectivity index (χ2v) is 22.1. The van der Waals surface area contributed by atoms with Gasteiger partial charge in [0.25, 0.3) is 0 Å². The van der Waals surface area contributed by atoms with Gasteiger partial charge in [0.05, 0.1) is 18.3 Å². The molecule has 26 heavy (non-hydrogen) atoms. The highest BCUT2D eigenvalue weighted by Crippen LogP contribution is 2.42. The fourth-order valence-electron chi connectivity index (χ4n) is 5.30. The van der Waals surface area contributed by atoms with Crippen LogP contribution in [-0.2, 0) is 4.74 Å². The van der Waals surface area contributed by atoms with Gasteiger partial charge >= 0.3 is 0 Å². The van der Waals surface area contributed by atoms with Crippen LogP contribution in [0.3, 0.4) is 0 Å². The molecule has 152 valence electrons. The van der Waals surface area contributed by atoms with Gasteiger partial charge in [-0.25, -0.2) is 0 Å². The lowest BCUT2D eigenvalue weighted by Crippen LogP contribution is -2.33. The van der Waals surface area contributed by atoms with Crippen molar-refractivity contribution >= 4 is 16.1 Å². The van der Waals surface area contributed by atoms with E-state index in [2.05, 4.69) is 26.2 Å². The van der Waals surface area contributed by atoms with Crippen LogP contribution in [0, 0.1) is 11.8 Å². The number of fused-ring (bicyclic) bond motifs is 1. The number of ether oxygens (including phenoxy) is 1. The molecule has 0 spiro atoms. The Morgan fingerprint density at radius 1 is 0.692 bits per heavy atom. The molecule has 3 unspecified atom stereocenters. The zero-order valence-corrected chi connectivity index (χ0v) is 19.9. The molecule has 0 bridgehead atoms. The summed E-state index contributed by atoms with van der Waals surface area (Å²) in [6.45, 7) is 10.6. The first-order valence-electron chi connectivity index (χ1n) is 11.6. The molecule has 1 N–H and O–H groups in total. The second kappa shape index (κ2) is 8.79. The third-order valence-electron chi connectivity index (χ3n) is 7.87. The van der Waals surface area contributed by atoms with Crippen LogP contribution in [0.1, 0.15) is 57.8 Å². The second-order valence-electron chi connectivity index (χ2n) is 11.5. The van der Waals surface area contributed by atoms with Crippen molar-refractivity contribution in [2.24, 2.45) is 11.8 Å². The van der Waals surface area contributed by atoms with Gasteiger partial charge in [0.1, 0.15) is 0 Å². The highest BCUT2D eigenvalue weighted by atomic mass is 28.3. The van der Waals surface area contributed by atoms with Crippen LogP contribution in [0.5, 0.6) is 0 Å². The molecule has 3 aliphatic rings. The van der Waals surface area contributed by atoms with E-state index in [-0.39, 0.29) is 6.10 Å². The fraction of sp³-hybridized carbons (Fsp3) is 1.00. The summed E-state index contributed by atoms with van der Waals surface area (Å²) in [5.41, 5.74) is 0. The first-order chi connectivity index (χ1) is 12.2. The molecular formula is C22H44O2Si2. The first-order valence-corrected chi connectivity index (χ1v) is 18.4. The van der Waals surface area contributed by atoms with E-state index < -0.39 is 16.1 Å². The molecule has 1 aliphatic heterocycles. The molecule has 3 rings (SSSR count). The van der Waals surface area contributed by atoms with Crippen molar-refractivity contribution in [3.8, 4) is 0 Å². The largest absolute Gasteiger partial charge is 0.393 e. The molecule has 0 radical (unpaired) electrons. The van der Waals surface area contributed by atoms with Gasteiger partial charge in [0.15, 0.2) is 0 Å². The molecule has 3 fully saturated rings. The highest BCUT2D eigenvalue weighted by Gasteiger charge is 2.43. The topological polar surface area (TPSA) is 32.8 Å². The lowest BCUT2D eigenvalue weighted by atomic mass is 9.86. The van der Waals surface area contributed by atoms with E-state index in [0.29, 0.717) is 12.2 Å². The summed E-state index contributed by atoms with van der Waals surface area (Å²) in [6.07, 6.45) is 13.1. The Morgan fingerprint density at radius 3 is 1.81 bits per heavy atom. The summed E-state index contributed by atoms with van der Waals surface area (Å²) in [7, 11) is -2.06. The third kappa shape index (κ3) is 6.75. The summed E-state index contributed by atoms with van der Waals surface area (Å²) in [5, 5.41) is 9.70. The van der Waals surface area contributed by atoms with Crippen molar-refractivity contribution in [1.82, 2.24) is 0 Å². The Kier molecular flexibility index (Phi) is 7.13. The monoisotopic (exact) mass is 396 g/mol. The number of epoxide rings is 1. The van der Waals surface area contributed by atoms with Crippen LogP contribution in [0.25, 0.3) is 0 Å². The van der Waals surface area contributed by atoms with Gasteiger partial charge in [0, 0.05) is 16.1 Å². The number of hydrogen-bond acceptors (Lipinski definition) is 2. The van der Waals surface area contributed by atoms with E-state index in [1.807, 2.05) is 0 Å². The Labute approximate surface area is 164 Å². The van der Waals surface area contributed by atoms with E-state index in [0.717, 1.165) is 24.7 Å². The van der Waals surface area contributed by atoms with Crippen molar-refractivity contribution in [3.05, 3.63) is 0 Å². The molecule has 2 aliphatic carbocycles. The Balaban J connectivity index is 1.32. The molecule has 0 aromatic carbocycles. The Morgan fingerprint density at radius 2 is 1.23 bits per heavy atom. The van der Waals surface area contributed by atoms with E-state index in [1.165, 1.54) is 51.0 Å². The summed E-state index contributed by atoms with van der Waals surface area (Å²) < 4.78 is 5.72. The van der Waals surface area contributed by atoms with Gasteiger partial charge in [-0.2, -0.15) is 0 Å². The van der Waals surface area contributed by atoms with Crippen LogP contribution in [0.15, 0.2) is 0 Å². The number of hydrogen-bond donors (Lipinski definition) is 1. The van der Waals surface area contributed by atoms with Crippen LogP contribution in [0.2, 0.25) is 50.4 Å². The molecule has 2 nitrogen and oxygen atoms in total. The average molecular weight is 397 g/mol. The first kappa shape index (κ1) is 21.1. The summed E-state index contributed by atoms with van der Waals surface area (Å²) >= 11 is 0. The molecule has 0 amide bonds. The fourth-order valence-corrected chi connectivity index (χ4v) is 13.6. The minimum Gasteiger partial charge on any atom is -0.393 e. The molecule has 1 heterocycles. The number of aliphatic hydroxyl groups excluding tert-OH is 1. The van der Waals surface area contributed by atoms with Crippen molar-refractivity contribution < 1.29 is 9.84 Å². The van der Waals surface area contributed by atoms with E-state index in [4.69, 9.17) is 4.74 Å². The van der Waals surface area contributed by atoms with Gasteiger partial charge in [-0.15, -0.1) is 0 Å². The summed E-state index contributed by atoms with van der Waals surface area (Å²) in [4.78, 5) is 0. The van der Waals surface area contributed by atoms with Crippen LogP contribution in [0.4, 0.5) is 0 Å². The van der Waals surface area contributed by atoms with Crippen LogP contribution in [-0.4, -0.2) is 39.6 Å². The molecule has 2 saturated carbocycles. The molecule has 1 saturated heterocycles. The third-order valence-corrected chi connectivity index (χ3v) is 14.9. The van der Waals surface area contributed by atoms with Crippen LogP contribution >= 0.6 is 0 Å². The maximum atomic E-state index is 9.70. The van der Waals surface area contributed by atoms with Gasteiger partial charge in [-0.1, -0.05) is 63.2 Å². The molecule has 4 heteroatoms. The minimum absolute atomic E-state index is 0.00447. The Bertz CT molecular complexity index is 443. The quantitative estimate of drug-likeness (QED) is 0.366. The Hall–Kier alpha value is 0.354. The standard InChI is InChI=1S/C22H44O2Si2/c1-25(2,13-11-18-5-8-20(23)9-6-18)15-16-26(3,4)14-12-19-7-10-21-22(17-19)24-21/h18-23H,5-17H2,1-4H3. The van der Waals surface area contributed by atoms with Gasteiger partial charge in [-0.3, -0.25) is 0 Å².